The second-order valence-electron chi connectivity index (χ2n) is 7.48. The van der Waals surface area contributed by atoms with Gasteiger partial charge in [0.1, 0.15) is 0 Å². The summed E-state index contributed by atoms with van der Waals surface area (Å²) in [6.07, 6.45) is 2.13. The first kappa shape index (κ1) is 17.0. The van der Waals surface area contributed by atoms with Crippen molar-refractivity contribution < 1.29 is 0 Å². The summed E-state index contributed by atoms with van der Waals surface area (Å²) in [6.45, 7) is 6.02. The van der Waals surface area contributed by atoms with Crippen LogP contribution in [0.4, 0.5) is 0 Å². The Balaban J connectivity index is 0.000000122. The molecule has 0 amide bonds. The molecule has 0 unspecified atom stereocenters. The number of hydrogen-bond donors (Lipinski definition) is 2. The third-order valence-corrected chi connectivity index (χ3v) is 5.77. The standard InChI is InChI=1S/2C12H12N2/c2*1-8-12-10(6-7-13-8)9-4-2-3-5-11(9)14-12/h2*2-5,14H,6-7H2,1H3. The zero-order chi connectivity index (χ0) is 19.1. The van der Waals surface area contributed by atoms with Crippen molar-refractivity contribution >= 4 is 33.2 Å². The number of aromatic amines is 2. The minimum atomic E-state index is 0.931. The molecule has 0 spiro atoms. The predicted octanol–water partition coefficient (Wildman–Crippen LogP) is 5.07. The van der Waals surface area contributed by atoms with E-state index in [1.54, 1.807) is 0 Å². The Bertz CT molecular complexity index is 1140. The highest BCUT2D eigenvalue weighted by molar-refractivity contribution is 6.05. The second-order valence-corrected chi connectivity index (χ2v) is 7.48. The molecule has 0 fully saturated rings. The van der Waals surface area contributed by atoms with Crippen molar-refractivity contribution in [3.05, 3.63) is 71.0 Å². The van der Waals surface area contributed by atoms with Crippen LogP contribution in [0.1, 0.15) is 36.4 Å². The molecule has 0 aliphatic carbocycles. The molecule has 2 aliphatic heterocycles. The van der Waals surface area contributed by atoms with Crippen LogP contribution in [-0.2, 0) is 12.8 Å². The molecule has 28 heavy (non-hydrogen) atoms. The molecular weight excluding hydrogens is 344 g/mol. The van der Waals surface area contributed by atoms with Crippen LogP contribution in [0.25, 0.3) is 21.8 Å². The normalized spacial score (nSPS) is 15.4. The second kappa shape index (κ2) is 6.79. The summed E-state index contributed by atoms with van der Waals surface area (Å²) < 4.78 is 0. The smallest absolute Gasteiger partial charge is 0.0635 e. The topological polar surface area (TPSA) is 56.3 Å². The van der Waals surface area contributed by atoms with E-state index in [0.29, 0.717) is 0 Å². The van der Waals surface area contributed by atoms with Crippen molar-refractivity contribution in [1.29, 1.82) is 0 Å². The zero-order valence-electron chi connectivity index (χ0n) is 16.3. The van der Waals surface area contributed by atoms with Gasteiger partial charge in [-0.05, 0) is 49.9 Å². The Morgan fingerprint density at radius 3 is 1.54 bits per heavy atom. The molecule has 0 bridgehead atoms. The van der Waals surface area contributed by atoms with Gasteiger partial charge in [-0.15, -0.1) is 0 Å². The van der Waals surface area contributed by atoms with Crippen LogP contribution in [0, 0.1) is 0 Å². The molecule has 0 atom stereocenters. The lowest BCUT2D eigenvalue weighted by molar-refractivity contribution is 0.945. The Labute approximate surface area is 164 Å². The van der Waals surface area contributed by atoms with Crippen LogP contribution in [0.3, 0.4) is 0 Å². The molecule has 4 aromatic rings. The third-order valence-electron chi connectivity index (χ3n) is 5.77. The summed E-state index contributed by atoms with van der Waals surface area (Å²) in [7, 11) is 0. The number of aromatic nitrogens is 2. The Morgan fingerprint density at radius 2 is 1.07 bits per heavy atom. The SMILES string of the molecule is CC1=NCCc2c1[nH]c1ccccc21.CC1=NCCc2c1[nH]c1ccccc21. The Hall–Kier alpha value is -3.14. The summed E-state index contributed by atoms with van der Waals surface area (Å²) in [6, 6.07) is 16.9. The molecule has 4 heterocycles. The number of rotatable bonds is 0. The van der Waals surface area contributed by atoms with E-state index in [1.165, 1.54) is 44.3 Å². The van der Waals surface area contributed by atoms with Crippen molar-refractivity contribution in [2.75, 3.05) is 13.1 Å². The summed E-state index contributed by atoms with van der Waals surface area (Å²) in [5.74, 6) is 0. The molecule has 0 saturated heterocycles. The summed E-state index contributed by atoms with van der Waals surface area (Å²) in [5, 5.41) is 2.72. The highest BCUT2D eigenvalue weighted by Crippen LogP contribution is 2.26. The zero-order valence-corrected chi connectivity index (χ0v) is 16.3. The number of benzene rings is 2. The van der Waals surface area contributed by atoms with Gasteiger partial charge in [-0.25, -0.2) is 0 Å². The predicted molar refractivity (Wildman–Crippen MR) is 118 cm³/mol. The average Bonchev–Trinajstić information content (AvgIpc) is 3.29. The lowest BCUT2D eigenvalue weighted by atomic mass is 10.0. The molecule has 0 radical (unpaired) electrons. The van der Waals surface area contributed by atoms with Gasteiger partial charge in [0.05, 0.1) is 22.8 Å². The van der Waals surface area contributed by atoms with Crippen LogP contribution in [0.2, 0.25) is 0 Å². The number of hydrogen-bond acceptors (Lipinski definition) is 2. The molecule has 4 heteroatoms. The minimum absolute atomic E-state index is 0.931. The fraction of sp³-hybridized carbons (Fsp3) is 0.250. The van der Waals surface area contributed by atoms with E-state index < -0.39 is 0 Å². The van der Waals surface area contributed by atoms with Crippen LogP contribution in [0.5, 0.6) is 0 Å². The summed E-state index contributed by atoms with van der Waals surface area (Å²) >= 11 is 0. The minimum Gasteiger partial charge on any atom is -0.353 e. The third kappa shape index (κ3) is 2.76. The van der Waals surface area contributed by atoms with E-state index in [2.05, 4.69) is 82.3 Å². The van der Waals surface area contributed by atoms with Crippen molar-refractivity contribution in [3.63, 3.8) is 0 Å². The molecular formula is C24H24N4. The Morgan fingerprint density at radius 1 is 0.643 bits per heavy atom. The number of nitrogens with zero attached hydrogens (tertiary/aromatic N) is 2. The van der Waals surface area contributed by atoms with E-state index >= 15 is 0 Å². The number of nitrogens with one attached hydrogen (secondary N) is 2. The van der Waals surface area contributed by atoms with Crippen molar-refractivity contribution in [3.8, 4) is 0 Å². The molecule has 2 N–H and O–H groups in total. The van der Waals surface area contributed by atoms with Crippen LogP contribution < -0.4 is 0 Å². The van der Waals surface area contributed by atoms with Crippen LogP contribution in [0.15, 0.2) is 58.5 Å². The average molecular weight is 368 g/mol. The highest BCUT2D eigenvalue weighted by atomic mass is 14.8. The Kier molecular flexibility index (Phi) is 4.12. The summed E-state index contributed by atoms with van der Waals surface area (Å²) in [5.41, 5.74) is 10.1. The van der Waals surface area contributed by atoms with Gasteiger partial charge in [-0.2, -0.15) is 0 Å². The molecule has 0 saturated carbocycles. The molecule has 140 valence electrons. The van der Waals surface area contributed by atoms with Gasteiger partial charge in [-0.1, -0.05) is 36.4 Å². The van der Waals surface area contributed by atoms with E-state index in [1.807, 2.05) is 0 Å². The van der Waals surface area contributed by atoms with E-state index in [-0.39, 0.29) is 0 Å². The van der Waals surface area contributed by atoms with E-state index in [9.17, 15) is 0 Å². The lowest BCUT2D eigenvalue weighted by Crippen LogP contribution is -2.08. The van der Waals surface area contributed by atoms with Crippen LogP contribution >= 0.6 is 0 Å². The molecule has 2 aliphatic rings. The first-order valence-electron chi connectivity index (χ1n) is 9.94. The van der Waals surface area contributed by atoms with Gasteiger partial charge in [0.15, 0.2) is 0 Å². The van der Waals surface area contributed by atoms with Gasteiger partial charge >= 0.3 is 0 Å². The maximum atomic E-state index is 4.45. The maximum absolute atomic E-state index is 4.45. The largest absolute Gasteiger partial charge is 0.353 e. The fourth-order valence-corrected chi connectivity index (χ4v) is 4.37. The van der Waals surface area contributed by atoms with Crippen molar-refractivity contribution in [1.82, 2.24) is 9.97 Å². The number of H-pyrrole nitrogens is 2. The molecule has 2 aromatic heterocycles. The summed E-state index contributed by atoms with van der Waals surface area (Å²) in [4.78, 5) is 15.8. The van der Waals surface area contributed by atoms with E-state index in [4.69, 9.17) is 0 Å². The van der Waals surface area contributed by atoms with E-state index in [0.717, 1.165) is 37.4 Å². The van der Waals surface area contributed by atoms with Gasteiger partial charge in [-0.3, -0.25) is 9.98 Å². The number of fused-ring (bicyclic) bond motifs is 6. The number of para-hydroxylation sites is 2. The monoisotopic (exact) mass is 368 g/mol. The maximum Gasteiger partial charge on any atom is 0.0635 e. The van der Waals surface area contributed by atoms with Gasteiger partial charge in [0, 0.05) is 34.9 Å². The quantitative estimate of drug-likeness (QED) is 0.436. The van der Waals surface area contributed by atoms with Gasteiger partial charge in [0.25, 0.3) is 0 Å². The molecule has 4 nitrogen and oxygen atoms in total. The highest BCUT2D eigenvalue weighted by Gasteiger charge is 2.16. The lowest BCUT2D eigenvalue weighted by Gasteiger charge is -2.08. The number of aliphatic imine (C=N–C) groups is 2. The first-order valence-corrected chi connectivity index (χ1v) is 9.94. The molecule has 6 rings (SSSR count). The van der Waals surface area contributed by atoms with Crippen molar-refractivity contribution in [2.45, 2.75) is 26.7 Å². The molecule has 2 aromatic carbocycles. The van der Waals surface area contributed by atoms with Gasteiger partial charge in [0.2, 0.25) is 0 Å². The fourth-order valence-electron chi connectivity index (χ4n) is 4.37. The first-order chi connectivity index (χ1) is 13.7. The van der Waals surface area contributed by atoms with Crippen LogP contribution in [-0.4, -0.2) is 34.5 Å². The van der Waals surface area contributed by atoms with Crippen molar-refractivity contribution in [2.24, 2.45) is 9.98 Å². The van der Waals surface area contributed by atoms with Gasteiger partial charge < -0.3 is 9.97 Å².